The zero-order chi connectivity index (χ0) is 22.5. The number of hydrogen-bond acceptors (Lipinski definition) is 3. The van der Waals surface area contributed by atoms with Gasteiger partial charge in [-0.15, -0.1) is 6.58 Å². The molecular weight excluding hydrogens is 416 g/mol. The summed E-state index contributed by atoms with van der Waals surface area (Å²) in [5.41, 5.74) is 1.71. The number of halogens is 1. The number of hydrogen-bond donors (Lipinski definition) is 1. The van der Waals surface area contributed by atoms with Crippen LogP contribution in [0.2, 0.25) is 5.02 Å². The molecule has 0 saturated carbocycles. The standard InChI is InChI=1S/C23H29ClN4O3/c1-4-11-26(12-5-2)19(29)15-27-14-18-20(22(27)30)21(16-9-7-8-10-17(16)24)25-23(31)28(18)13-6-3/h6-10,21H,3-5,11-15H2,1-2H3,(H,25,31)/t21-/m1/s1. The van der Waals surface area contributed by atoms with Gasteiger partial charge in [0.15, 0.2) is 0 Å². The van der Waals surface area contributed by atoms with Crippen molar-refractivity contribution >= 4 is 29.4 Å². The molecule has 4 amide bonds. The molecule has 0 unspecified atom stereocenters. The Morgan fingerprint density at radius 2 is 1.94 bits per heavy atom. The summed E-state index contributed by atoms with van der Waals surface area (Å²) in [6.45, 7) is 9.54. The van der Waals surface area contributed by atoms with Crippen molar-refractivity contribution < 1.29 is 14.4 Å². The molecule has 7 nitrogen and oxygen atoms in total. The van der Waals surface area contributed by atoms with Crippen molar-refractivity contribution in [3.8, 4) is 0 Å². The van der Waals surface area contributed by atoms with Gasteiger partial charge in [-0.2, -0.15) is 0 Å². The summed E-state index contributed by atoms with van der Waals surface area (Å²) in [7, 11) is 0. The molecule has 0 spiro atoms. The van der Waals surface area contributed by atoms with Crippen LogP contribution in [0.25, 0.3) is 0 Å². The molecule has 166 valence electrons. The molecule has 2 aliphatic heterocycles. The fraction of sp³-hybridized carbons (Fsp3) is 0.435. The van der Waals surface area contributed by atoms with Crippen LogP contribution in [0.1, 0.15) is 38.3 Å². The van der Waals surface area contributed by atoms with Crippen LogP contribution in [0.5, 0.6) is 0 Å². The summed E-state index contributed by atoms with van der Waals surface area (Å²) in [6.07, 6.45) is 3.33. The van der Waals surface area contributed by atoms with E-state index in [2.05, 4.69) is 11.9 Å². The lowest BCUT2D eigenvalue weighted by atomic mass is 9.95. The van der Waals surface area contributed by atoms with Gasteiger partial charge in [0.25, 0.3) is 5.91 Å². The van der Waals surface area contributed by atoms with Gasteiger partial charge in [0, 0.05) is 24.7 Å². The first-order valence-electron chi connectivity index (χ1n) is 10.7. The summed E-state index contributed by atoms with van der Waals surface area (Å²) in [4.78, 5) is 43.9. The van der Waals surface area contributed by atoms with Crippen LogP contribution in [0, 0.1) is 0 Å². The second kappa shape index (κ2) is 10.0. The van der Waals surface area contributed by atoms with E-state index in [-0.39, 0.29) is 37.5 Å². The fourth-order valence-electron chi connectivity index (χ4n) is 4.11. The van der Waals surface area contributed by atoms with E-state index in [1.54, 1.807) is 29.2 Å². The maximum absolute atomic E-state index is 13.4. The van der Waals surface area contributed by atoms with Crippen molar-refractivity contribution in [3.63, 3.8) is 0 Å². The van der Waals surface area contributed by atoms with Crippen LogP contribution in [0.4, 0.5) is 4.79 Å². The van der Waals surface area contributed by atoms with Gasteiger partial charge in [0.1, 0.15) is 6.54 Å². The van der Waals surface area contributed by atoms with E-state index < -0.39 is 6.04 Å². The highest BCUT2D eigenvalue weighted by Crippen LogP contribution is 2.38. The van der Waals surface area contributed by atoms with E-state index in [0.29, 0.717) is 34.9 Å². The predicted molar refractivity (Wildman–Crippen MR) is 120 cm³/mol. The van der Waals surface area contributed by atoms with Gasteiger partial charge < -0.3 is 15.1 Å². The van der Waals surface area contributed by atoms with E-state index in [1.807, 2.05) is 19.9 Å². The molecule has 1 N–H and O–H groups in total. The van der Waals surface area contributed by atoms with Gasteiger partial charge in [-0.05, 0) is 24.5 Å². The third-order valence-electron chi connectivity index (χ3n) is 5.49. The van der Waals surface area contributed by atoms with Gasteiger partial charge >= 0.3 is 6.03 Å². The molecule has 31 heavy (non-hydrogen) atoms. The van der Waals surface area contributed by atoms with Crippen molar-refractivity contribution in [2.45, 2.75) is 32.7 Å². The van der Waals surface area contributed by atoms with Crippen LogP contribution in [0.3, 0.4) is 0 Å². The minimum Gasteiger partial charge on any atom is -0.341 e. The Morgan fingerprint density at radius 1 is 1.26 bits per heavy atom. The summed E-state index contributed by atoms with van der Waals surface area (Å²) < 4.78 is 0. The SMILES string of the molecule is C=CCN1C(=O)N[C@H](c2ccccc2Cl)C2=C1CN(CC(=O)N(CCC)CCC)C2=O. The quantitative estimate of drug-likeness (QED) is 0.594. The Hall–Kier alpha value is -2.80. The van der Waals surface area contributed by atoms with E-state index >= 15 is 0 Å². The highest BCUT2D eigenvalue weighted by molar-refractivity contribution is 6.31. The normalized spacial score (nSPS) is 18.2. The lowest BCUT2D eigenvalue weighted by molar-refractivity contribution is -0.137. The third-order valence-corrected chi connectivity index (χ3v) is 5.83. The average molecular weight is 445 g/mol. The Morgan fingerprint density at radius 3 is 2.55 bits per heavy atom. The highest BCUT2D eigenvalue weighted by Gasteiger charge is 2.44. The Bertz CT molecular complexity index is 908. The van der Waals surface area contributed by atoms with E-state index in [1.165, 1.54) is 9.80 Å². The Kier molecular flexibility index (Phi) is 7.38. The van der Waals surface area contributed by atoms with Gasteiger partial charge in [0.05, 0.1) is 23.9 Å². The average Bonchev–Trinajstić information content (AvgIpc) is 3.06. The second-order valence-corrected chi connectivity index (χ2v) is 8.11. The number of carbonyl (C=O) groups excluding carboxylic acids is 3. The van der Waals surface area contributed by atoms with Gasteiger partial charge in [-0.3, -0.25) is 14.5 Å². The number of amides is 4. The fourth-order valence-corrected chi connectivity index (χ4v) is 4.35. The van der Waals surface area contributed by atoms with Crippen LogP contribution in [-0.4, -0.2) is 65.3 Å². The molecule has 0 saturated heterocycles. The summed E-state index contributed by atoms with van der Waals surface area (Å²) in [6, 6.07) is 6.17. The summed E-state index contributed by atoms with van der Waals surface area (Å²) >= 11 is 6.38. The van der Waals surface area contributed by atoms with Gasteiger partial charge in [0.2, 0.25) is 5.91 Å². The summed E-state index contributed by atoms with van der Waals surface area (Å²) in [5, 5.41) is 3.37. The monoisotopic (exact) mass is 444 g/mol. The van der Waals surface area contributed by atoms with Crippen LogP contribution in [0.15, 0.2) is 48.2 Å². The number of benzene rings is 1. The van der Waals surface area contributed by atoms with Gasteiger partial charge in [-0.1, -0.05) is 49.7 Å². The molecule has 0 aromatic heterocycles. The summed E-state index contributed by atoms with van der Waals surface area (Å²) in [5.74, 6) is -0.337. The molecule has 1 aromatic rings. The molecule has 0 radical (unpaired) electrons. The van der Waals surface area contributed by atoms with Crippen LogP contribution in [-0.2, 0) is 9.59 Å². The van der Waals surface area contributed by atoms with Crippen molar-refractivity contribution in [1.29, 1.82) is 0 Å². The Labute approximate surface area is 188 Å². The molecule has 8 heteroatoms. The maximum Gasteiger partial charge on any atom is 0.322 e. The molecular formula is C23H29ClN4O3. The first-order valence-corrected chi connectivity index (χ1v) is 11.0. The number of nitrogens with one attached hydrogen (secondary N) is 1. The molecule has 2 aliphatic rings. The molecule has 1 atom stereocenters. The zero-order valence-electron chi connectivity index (χ0n) is 18.1. The smallest absolute Gasteiger partial charge is 0.322 e. The highest BCUT2D eigenvalue weighted by atomic mass is 35.5. The van der Waals surface area contributed by atoms with Crippen LogP contribution < -0.4 is 5.32 Å². The topological polar surface area (TPSA) is 73.0 Å². The van der Waals surface area contributed by atoms with Crippen molar-refractivity contribution in [2.75, 3.05) is 32.7 Å². The number of urea groups is 1. The number of nitrogens with zero attached hydrogens (tertiary/aromatic N) is 3. The molecule has 3 rings (SSSR count). The minimum atomic E-state index is -0.660. The van der Waals surface area contributed by atoms with Crippen LogP contribution >= 0.6 is 11.6 Å². The molecule has 2 heterocycles. The number of rotatable bonds is 9. The van der Waals surface area contributed by atoms with Crippen molar-refractivity contribution in [2.24, 2.45) is 0 Å². The van der Waals surface area contributed by atoms with Gasteiger partial charge in [-0.25, -0.2) is 4.79 Å². The third kappa shape index (κ3) is 4.61. The first kappa shape index (κ1) is 22.9. The zero-order valence-corrected chi connectivity index (χ0v) is 18.8. The lowest BCUT2D eigenvalue weighted by Gasteiger charge is -2.33. The second-order valence-electron chi connectivity index (χ2n) is 7.71. The largest absolute Gasteiger partial charge is 0.341 e. The van der Waals surface area contributed by atoms with E-state index in [0.717, 1.165) is 12.8 Å². The van der Waals surface area contributed by atoms with E-state index in [4.69, 9.17) is 11.6 Å². The molecule has 0 aliphatic carbocycles. The van der Waals surface area contributed by atoms with Crippen molar-refractivity contribution in [3.05, 3.63) is 58.8 Å². The molecule has 0 bridgehead atoms. The maximum atomic E-state index is 13.4. The number of carbonyl (C=O) groups is 3. The lowest BCUT2D eigenvalue weighted by Crippen LogP contribution is -2.47. The van der Waals surface area contributed by atoms with E-state index in [9.17, 15) is 14.4 Å². The predicted octanol–water partition coefficient (Wildman–Crippen LogP) is 3.34. The minimum absolute atomic E-state index is 0.0167. The first-order chi connectivity index (χ1) is 14.9. The van der Waals surface area contributed by atoms with Crippen molar-refractivity contribution in [1.82, 2.24) is 20.0 Å². The molecule has 0 fully saturated rings. The molecule has 1 aromatic carbocycles. The Balaban J connectivity index is 1.92.